The zero-order chi connectivity index (χ0) is 19.0. The highest BCUT2D eigenvalue weighted by atomic mass is 16.5. The van der Waals surface area contributed by atoms with Gasteiger partial charge in [-0.15, -0.1) is 0 Å². The normalized spacial score (nSPS) is 12.9. The highest BCUT2D eigenvalue weighted by molar-refractivity contribution is 5.94. The molecule has 1 heterocycles. The maximum Gasteiger partial charge on any atom is 0.195 e. The Kier molecular flexibility index (Phi) is 5.88. The van der Waals surface area contributed by atoms with Gasteiger partial charge in [-0.1, -0.05) is 54.6 Å². The molecule has 4 heteroatoms. The second-order valence-electron chi connectivity index (χ2n) is 6.88. The Balaban J connectivity index is 1.26. The van der Waals surface area contributed by atoms with Crippen molar-refractivity contribution >= 4 is 11.6 Å². The lowest BCUT2D eigenvalue weighted by molar-refractivity contribution is 0.322. The van der Waals surface area contributed by atoms with E-state index in [9.17, 15) is 0 Å². The second-order valence-corrected chi connectivity index (χ2v) is 6.88. The Morgan fingerprint density at radius 1 is 0.821 bits per heavy atom. The van der Waals surface area contributed by atoms with E-state index in [-0.39, 0.29) is 0 Å². The van der Waals surface area contributed by atoms with Crippen molar-refractivity contribution in [2.24, 2.45) is 4.99 Å². The molecule has 0 saturated heterocycles. The second kappa shape index (κ2) is 9.09. The molecule has 0 fully saturated rings. The van der Waals surface area contributed by atoms with Crippen LogP contribution in [0.15, 0.2) is 83.9 Å². The van der Waals surface area contributed by atoms with Gasteiger partial charge < -0.3 is 15.4 Å². The molecule has 3 aromatic rings. The summed E-state index contributed by atoms with van der Waals surface area (Å²) in [6, 6.07) is 27.3. The maximum absolute atomic E-state index is 5.87. The van der Waals surface area contributed by atoms with Crippen molar-refractivity contribution in [2.45, 2.75) is 12.8 Å². The number of guanidine groups is 1. The van der Waals surface area contributed by atoms with Crippen LogP contribution in [-0.2, 0) is 12.8 Å². The molecule has 0 spiro atoms. The van der Waals surface area contributed by atoms with Crippen molar-refractivity contribution < 1.29 is 4.74 Å². The fourth-order valence-corrected chi connectivity index (χ4v) is 3.19. The van der Waals surface area contributed by atoms with E-state index in [1.165, 1.54) is 16.7 Å². The number of rotatable bonds is 7. The van der Waals surface area contributed by atoms with Crippen molar-refractivity contribution in [3.8, 4) is 5.75 Å². The molecule has 0 aromatic heterocycles. The highest BCUT2D eigenvalue weighted by Crippen LogP contribution is 2.17. The number of hydrogen-bond acceptors (Lipinski definition) is 4. The number of nitrogens with zero attached hydrogens (tertiary/aromatic N) is 1. The molecule has 0 unspecified atom stereocenters. The average molecular weight is 371 g/mol. The molecule has 28 heavy (non-hydrogen) atoms. The summed E-state index contributed by atoms with van der Waals surface area (Å²) in [6.45, 7) is 2.44. The van der Waals surface area contributed by atoms with Gasteiger partial charge in [-0.3, -0.25) is 4.99 Å². The van der Waals surface area contributed by atoms with Crippen LogP contribution in [0.3, 0.4) is 0 Å². The van der Waals surface area contributed by atoms with Gasteiger partial charge in [0.25, 0.3) is 0 Å². The van der Waals surface area contributed by atoms with E-state index in [4.69, 9.17) is 4.74 Å². The Labute approximate surface area is 166 Å². The summed E-state index contributed by atoms with van der Waals surface area (Å²) < 4.78 is 5.87. The number of anilines is 1. The largest absolute Gasteiger partial charge is 0.493 e. The van der Waals surface area contributed by atoms with Crippen LogP contribution in [0.2, 0.25) is 0 Å². The number of benzene rings is 3. The molecule has 3 aromatic carbocycles. The molecule has 0 amide bonds. The summed E-state index contributed by atoms with van der Waals surface area (Å²) in [4.78, 5) is 4.35. The smallest absolute Gasteiger partial charge is 0.195 e. The van der Waals surface area contributed by atoms with E-state index in [1.54, 1.807) is 0 Å². The third kappa shape index (κ3) is 5.13. The highest BCUT2D eigenvalue weighted by Gasteiger charge is 2.05. The molecular weight excluding hydrogens is 346 g/mol. The minimum atomic E-state index is 0.692. The quantitative estimate of drug-likeness (QED) is 0.652. The molecule has 4 nitrogen and oxygen atoms in total. The Bertz CT molecular complexity index is 903. The van der Waals surface area contributed by atoms with Gasteiger partial charge in [-0.2, -0.15) is 0 Å². The lowest BCUT2D eigenvalue weighted by Gasteiger charge is -2.09. The van der Waals surface area contributed by atoms with Gasteiger partial charge in [0.05, 0.1) is 13.2 Å². The van der Waals surface area contributed by atoms with E-state index in [0.29, 0.717) is 6.61 Å². The van der Waals surface area contributed by atoms with Crippen molar-refractivity contribution in [1.29, 1.82) is 0 Å². The lowest BCUT2D eigenvalue weighted by Crippen LogP contribution is -2.26. The third-order valence-corrected chi connectivity index (χ3v) is 4.72. The van der Waals surface area contributed by atoms with Crippen LogP contribution < -0.4 is 15.4 Å². The number of ether oxygens (including phenoxy) is 1. The summed E-state index contributed by atoms with van der Waals surface area (Å²) in [5, 5.41) is 6.51. The van der Waals surface area contributed by atoms with Crippen molar-refractivity contribution in [3.63, 3.8) is 0 Å². The predicted octanol–water partition coefficient (Wildman–Crippen LogP) is 4.27. The molecule has 0 bridgehead atoms. The molecule has 0 saturated carbocycles. The zero-order valence-corrected chi connectivity index (χ0v) is 15.9. The Hall–Kier alpha value is -3.27. The number of hydrogen-bond donors (Lipinski definition) is 2. The molecule has 0 radical (unpaired) electrons. The molecular formula is C24H25N3O. The van der Waals surface area contributed by atoms with Crippen LogP contribution in [0, 0.1) is 0 Å². The predicted molar refractivity (Wildman–Crippen MR) is 115 cm³/mol. The standard InChI is InChI=1S/C24H25N3O/c1-2-4-19(5-3-1)14-17-28-23-12-8-21(9-13-23)18-20-6-10-22(11-7-20)27-24-25-15-16-26-24/h1-13H,14-18H2,(H2,25,26,27). The maximum atomic E-state index is 5.87. The SMILES string of the molecule is c1ccc(CCOc2ccc(Cc3ccc(NC4=NCCN4)cc3)cc2)cc1. The summed E-state index contributed by atoms with van der Waals surface area (Å²) >= 11 is 0. The van der Waals surface area contributed by atoms with Crippen molar-refractivity contribution in [3.05, 3.63) is 95.6 Å². The minimum absolute atomic E-state index is 0.692. The van der Waals surface area contributed by atoms with Gasteiger partial charge in [0, 0.05) is 18.7 Å². The molecule has 0 atom stereocenters. The topological polar surface area (TPSA) is 45.6 Å². The molecule has 2 N–H and O–H groups in total. The van der Waals surface area contributed by atoms with Crippen LogP contribution in [0.1, 0.15) is 16.7 Å². The first-order valence-electron chi connectivity index (χ1n) is 9.75. The van der Waals surface area contributed by atoms with E-state index in [2.05, 4.69) is 88.4 Å². The van der Waals surface area contributed by atoms with Crippen LogP contribution >= 0.6 is 0 Å². The summed E-state index contributed by atoms with van der Waals surface area (Å²) in [7, 11) is 0. The van der Waals surface area contributed by atoms with Gasteiger partial charge in [-0.25, -0.2) is 0 Å². The van der Waals surface area contributed by atoms with Crippen molar-refractivity contribution in [2.75, 3.05) is 25.0 Å². The minimum Gasteiger partial charge on any atom is -0.493 e. The lowest BCUT2D eigenvalue weighted by atomic mass is 10.0. The first-order chi connectivity index (χ1) is 13.8. The molecule has 142 valence electrons. The summed E-state index contributed by atoms with van der Waals surface area (Å²) in [6.07, 6.45) is 1.83. The van der Waals surface area contributed by atoms with Crippen LogP contribution in [-0.4, -0.2) is 25.7 Å². The number of aliphatic imine (C=N–C) groups is 1. The van der Waals surface area contributed by atoms with E-state index in [0.717, 1.165) is 43.3 Å². The molecule has 1 aliphatic rings. The molecule has 0 aliphatic carbocycles. The van der Waals surface area contributed by atoms with Gasteiger partial charge in [0.1, 0.15) is 5.75 Å². The molecule has 1 aliphatic heterocycles. The van der Waals surface area contributed by atoms with E-state index < -0.39 is 0 Å². The monoisotopic (exact) mass is 371 g/mol. The van der Waals surface area contributed by atoms with Crippen LogP contribution in [0.25, 0.3) is 0 Å². The Morgan fingerprint density at radius 3 is 2.21 bits per heavy atom. The Morgan fingerprint density at radius 2 is 1.54 bits per heavy atom. The van der Waals surface area contributed by atoms with Gasteiger partial charge in [-0.05, 0) is 47.4 Å². The van der Waals surface area contributed by atoms with Gasteiger partial charge in [0.15, 0.2) is 5.96 Å². The van der Waals surface area contributed by atoms with Gasteiger partial charge in [0.2, 0.25) is 0 Å². The summed E-state index contributed by atoms with van der Waals surface area (Å²) in [5.41, 5.74) is 4.91. The summed E-state index contributed by atoms with van der Waals surface area (Å²) in [5.74, 6) is 1.78. The first-order valence-corrected chi connectivity index (χ1v) is 9.75. The number of nitrogens with one attached hydrogen (secondary N) is 2. The third-order valence-electron chi connectivity index (χ3n) is 4.72. The van der Waals surface area contributed by atoms with Crippen LogP contribution in [0.4, 0.5) is 5.69 Å². The van der Waals surface area contributed by atoms with Crippen molar-refractivity contribution in [1.82, 2.24) is 5.32 Å². The van der Waals surface area contributed by atoms with Gasteiger partial charge >= 0.3 is 0 Å². The zero-order valence-electron chi connectivity index (χ0n) is 15.9. The van der Waals surface area contributed by atoms with Crippen LogP contribution in [0.5, 0.6) is 5.75 Å². The fraction of sp³-hybridized carbons (Fsp3) is 0.208. The first kappa shape index (κ1) is 18.1. The fourth-order valence-electron chi connectivity index (χ4n) is 3.19. The van der Waals surface area contributed by atoms with E-state index in [1.807, 2.05) is 6.07 Å². The average Bonchev–Trinajstić information content (AvgIpc) is 3.25. The molecule has 4 rings (SSSR count). The van der Waals surface area contributed by atoms with E-state index >= 15 is 0 Å².